The van der Waals surface area contributed by atoms with Gasteiger partial charge in [0.15, 0.2) is 0 Å². The lowest BCUT2D eigenvalue weighted by Crippen LogP contribution is -2.24. The molecule has 0 aliphatic carbocycles. The fourth-order valence-corrected chi connectivity index (χ4v) is 4.51. The molecule has 0 atom stereocenters. The van der Waals surface area contributed by atoms with Crippen molar-refractivity contribution >= 4 is 12.1 Å². The maximum absolute atomic E-state index is 13.2. The van der Waals surface area contributed by atoms with Crippen molar-refractivity contribution in [3.05, 3.63) is 121 Å². The minimum atomic E-state index is -0.234. The standard InChI is InChI=1S/C33H29N3O3/c1-38-28-17-13-24(14-18-28)22-34-35-32(37)23-36-31(26-15-19-29(39-2)20-16-26)21-30(25-9-5-3-6-10-25)33(36)27-11-7-4-8-12-27/h3-22H,23H2,1-2H3,(H,35,37)/b34-22+. The minimum absolute atomic E-state index is 0.0817. The van der Waals surface area contributed by atoms with E-state index in [4.69, 9.17) is 9.47 Å². The Kier molecular flexibility index (Phi) is 7.84. The molecule has 0 unspecified atom stereocenters. The molecule has 1 N–H and O–H groups in total. The van der Waals surface area contributed by atoms with Crippen LogP contribution in [0, 0.1) is 0 Å². The molecule has 1 heterocycles. The number of benzene rings is 4. The molecule has 0 radical (unpaired) electrons. The summed E-state index contributed by atoms with van der Waals surface area (Å²) >= 11 is 0. The van der Waals surface area contributed by atoms with E-state index in [1.807, 2.05) is 84.9 Å². The molecule has 39 heavy (non-hydrogen) atoms. The van der Waals surface area contributed by atoms with Crippen molar-refractivity contribution < 1.29 is 14.3 Å². The van der Waals surface area contributed by atoms with E-state index < -0.39 is 0 Å². The van der Waals surface area contributed by atoms with Crippen LogP contribution in [-0.2, 0) is 11.3 Å². The minimum Gasteiger partial charge on any atom is -0.497 e. The summed E-state index contributed by atoms with van der Waals surface area (Å²) in [7, 11) is 3.27. The molecular formula is C33H29N3O3. The first-order valence-corrected chi connectivity index (χ1v) is 12.6. The van der Waals surface area contributed by atoms with Gasteiger partial charge in [0.05, 0.1) is 26.1 Å². The third kappa shape index (κ3) is 5.91. The van der Waals surface area contributed by atoms with E-state index in [0.29, 0.717) is 0 Å². The molecule has 0 aliphatic rings. The average molecular weight is 516 g/mol. The Morgan fingerprint density at radius 3 is 1.90 bits per heavy atom. The molecule has 5 aromatic rings. The quantitative estimate of drug-likeness (QED) is 0.176. The number of carbonyl (C=O) groups is 1. The normalized spacial score (nSPS) is 10.9. The first-order valence-electron chi connectivity index (χ1n) is 12.6. The van der Waals surface area contributed by atoms with E-state index in [1.165, 1.54) is 0 Å². The molecule has 6 heteroatoms. The highest BCUT2D eigenvalue weighted by Gasteiger charge is 2.21. The zero-order valence-electron chi connectivity index (χ0n) is 21.9. The van der Waals surface area contributed by atoms with Crippen LogP contribution in [0.5, 0.6) is 11.5 Å². The van der Waals surface area contributed by atoms with Crippen molar-refractivity contribution in [1.29, 1.82) is 0 Å². The van der Waals surface area contributed by atoms with Crippen molar-refractivity contribution in [3.8, 4) is 45.1 Å². The fraction of sp³-hybridized carbons (Fsp3) is 0.0909. The summed E-state index contributed by atoms with van der Waals surface area (Å²) in [5, 5.41) is 4.19. The molecule has 4 aromatic carbocycles. The van der Waals surface area contributed by atoms with Crippen LogP contribution >= 0.6 is 0 Å². The molecule has 1 aromatic heterocycles. The van der Waals surface area contributed by atoms with Gasteiger partial charge in [0.25, 0.3) is 5.91 Å². The predicted octanol–water partition coefficient (Wildman–Crippen LogP) is 6.66. The van der Waals surface area contributed by atoms with E-state index in [0.717, 1.165) is 50.7 Å². The van der Waals surface area contributed by atoms with E-state index in [-0.39, 0.29) is 12.5 Å². The molecule has 1 amide bonds. The summed E-state index contributed by atoms with van der Waals surface area (Å²) in [6.45, 7) is 0.0817. The van der Waals surface area contributed by atoms with Crippen LogP contribution in [-0.4, -0.2) is 30.9 Å². The second-order valence-electron chi connectivity index (χ2n) is 8.90. The lowest BCUT2D eigenvalue weighted by atomic mass is 10.0. The summed E-state index contributed by atoms with van der Waals surface area (Å²) in [6.07, 6.45) is 1.62. The van der Waals surface area contributed by atoms with Crippen LogP contribution in [0.25, 0.3) is 33.6 Å². The highest BCUT2D eigenvalue weighted by atomic mass is 16.5. The van der Waals surface area contributed by atoms with Crippen LogP contribution in [0.4, 0.5) is 0 Å². The first kappa shape index (κ1) is 25.5. The Morgan fingerprint density at radius 1 is 0.744 bits per heavy atom. The maximum atomic E-state index is 13.2. The lowest BCUT2D eigenvalue weighted by molar-refractivity contribution is -0.121. The third-order valence-electron chi connectivity index (χ3n) is 6.44. The van der Waals surface area contributed by atoms with E-state index in [2.05, 4.69) is 45.4 Å². The highest BCUT2D eigenvalue weighted by Crippen LogP contribution is 2.39. The zero-order valence-corrected chi connectivity index (χ0v) is 21.9. The number of nitrogens with one attached hydrogen (secondary N) is 1. The predicted molar refractivity (Wildman–Crippen MR) is 156 cm³/mol. The van der Waals surface area contributed by atoms with Gasteiger partial charge in [-0.25, -0.2) is 5.43 Å². The number of hydrazone groups is 1. The first-order chi connectivity index (χ1) is 19.2. The SMILES string of the molecule is COc1ccc(/C=N/NC(=O)Cn2c(-c3ccc(OC)cc3)cc(-c3ccccc3)c2-c2ccccc2)cc1. The number of aromatic nitrogens is 1. The maximum Gasteiger partial charge on any atom is 0.260 e. The van der Waals surface area contributed by atoms with Crippen LogP contribution in [0.3, 0.4) is 0 Å². The number of methoxy groups -OCH3 is 2. The van der Waals surface area contributed by atoms with Crippen molar-refractivity contribution in [2.45, 2.75) is 6.54 Å². The van der Waals surface area contributed by atoms with Gasteiger partial charge in [0.2, 0.25) is 0 Å². The van der Waals surface area contributed by atoms with Gasteiger partial charge in [-0.15, -0.1) is 0 Å². The molecule has 0 bridgehead atoms. The van der Waals surface area contributed by atoms with Crippen LogP contribution < -0.4 is 14.9 Å². The average Bonchev–Trinajstić information content (AvgIpc) is 3.37. The Hall–Kier alpha value is -5.10. The summed E-state index contributed by atoms with van der Waals surface area (Å²) < 4.78 is 12.6. The summed E-state index contributed by atoms with van der Waals surface area (Å²) in [5.41, 5.74) is 9.54. The molecule has 5 rings (SSSR count). The molecule has 0 fully saturated rings. The van der Waals surface area contributed by atoms with Gasteiger partial charge in [0.1, 0.15) is 18.0 Å². The second-order valence-corrected chi connectivity index (χ2v) is 8.90. The van der Waals surface area contributed by atoms with E-state index >= 15 is 0 Å². The van der Waals surface area contributed by atoms with Gasteiger partial charge in [-0.05, 0) is 76.9 Å². The molecule has 0 saturated heterocycles. The summed E-state index contributed by atoms with van der Waals surface area (Å²) in [5.74, 6) is 1.30. The number of ether oxygens (including phenoxy) is 2. The second kappa shape index (κ2) is 12.0. The number of hydrogen-bond acceptors (Lipinski definition) is 4. The Bertz CT molecular complexity index is 1560. The van der Waals surface area contributed by atoms with Crippen molar-refractivity contribution in [3.63, 3.8) is 0 Å². The Labute approximate surface area is 228 Å². The number of nitrogens with zero attached hydrogens (tertiary/aromatic N) is 2. The molecule has 0 saturated carbocycles. The van der Waals surface area contributed by atoms with Crippen LogP contribution in [0.1, 0.15) is 5.56 Å². The highest BCUT2D eigenvalue weighted by molar-refractivity contribution is 5.89. The summed E-state index contributed by atoms with van der Waals surface area (Å²) in [4.78, 5) is 13.2. The monoisotopic (exact) mass is 515 g/mol. The topological polar surface area (TPSA) is 64.8 Å². The molecule has 0 spiro atoms. The lowest BCUT2D eigenvalue weighted by Gasteiger charge is -2.15. The Balaban J connectivity index is 1.54. The number of carbonyl (C=O) groups excluding carboxylic acids is 1. The number of rotatable bonds is 9. The third-order valence-corrected chi connectivity index (χ3v) is 6.44. The fourth-order valence-electron chi connectivity index (χ4n) is 4.51. The number of amides is 1. The van der Waals surface area contributed by atoms with Gasteiger partial charge in [0, 0.05) is 11.3 Å². The van der Waals surface area contributed by atoms with Crippen molar-refractivity contribution in [2.75, 3.05) is 14.2 Å². The van der Waals surface area contributed by atoms with Crippen LogP contribution in [0.15, 0.2) is 120 Å². The smallest absolute Gasteiger partial charge is 0.260 e. The zero-order chi connectivity index (χ0) is 27.0. The van der Waals surface area contributed by atoms with Crippen molar-refractivity contribution in [1.82, 2.24) is 9.99 Å². The van der Waals surface area contributed by atoms with E-state index in [1.54, 1.807) is 20.4 Å². The van der Waals surface area contributed by atoms with E-state index in [9.17, 15) is 4.79 Å². The van der Waals surface area contributed by atoms with Gasteiger partial charge in [-0.2, -0.15) is 5.10 Å². The van der Waals surface area contributed by atoms with Gasteiger partial charge in [-0.1, -0.05) is 60.7 Å². The largest absolute Gasteiger partial charge is 0.497 e. The summed E-state index contributed by atoms with van der Waals surface area (Å²) in [6, 6.07) is 37.8. The molecule has 194 valence electrons. The van der Waals surface area contributed by atoms with Gasteiger partial charge >= 0.3 is 0 Å². The number of hydrogen-bond donors (Lipinski definition) is 1. The molecular weight excluding hydrogens is 486 g/mol. The van der Waals surface area contributed by atoms with Gasteiger partial charge in [-0.3, -0.25) is 4.79 Å². The van der Waals surface area contributed by atoms with Gasteiger partial charge < -0.3 is 14.0 Å². The van der Waals surface area contributed by atoms with Crippen molar-refractivity contribution in [2.24, 2.45) is 5.10 Å². The Morgan fingerprint density at radius 2 is 1.31 bits per heavy atom. The van der Waals surface area contributed by atoms with Crippen LogP contribution in [0.2, 0.25) is 0 Å². The molecule has 0 aliphatic heterocycles. The molecule has 6 nitrogen and oxygen atoms in total.